The van der Waals surface area contributed by atoms with Crippen LogP contribution in [0.25, 0.3) is 0 Å². The second kappa shape index (κ2) is 18.5. The van der Waals surface area contributed by atoms with Gasteiger partial charge in [-0.1, -0.05) is 26.7 Å². The molecule has 0 spiro atoms. The van der Waals surface area contributed by atoms with Crippen molar-refractivity contribution in [2.75, 3.05) is 13.1 Å². The Labute approximate surface area is 212 Å². The monoisotopic (exact) mass is 515 g/mol. The van der Waals surface area contributed by atoms with Crippen molar-refractivity contribution in [2.24, 2.45) is 28.9 Å². The number of carboxylic acids is 1. The summed E-state index contributed by atoms with van der Waals surface area (Å²) in [7, 11) is 0. The van der Waals surface area contributed by atoms with Gasteiger partial charge in [-0.15, -0.1) is 0 Å². The summed E-state index contributed by atoms with van der Waals surface area (Å²) in [5, 5.41) is 17.1. The Hall–Kier alpha value is -2.77. The Balaban J connectivity index is 5.50. The Bertz CT molecular complexity index is 721. The first kappa shape index (κ1) is 33.2. The largest absolute Gasteiger partial charge is 0.480 e. The van der Waals surface area contributed by atoms with Gasteiger partial charge in [0, 0.05) is 6.42 Å². The van der Waals surface area contributed by atoms with Gasteiger partial charge < -0.3 is 44.0 Å². The van der Waals surface area contributed by atoms with Crippen LogP contribution >= 0.6 is 0 Å². The maximum Gasteiger partial charge on any atom is 0.326 e. The smallest absolute Gasteiger partial charge is 0.326 e. The van der Waals surface area contributed by atoms with Crippen LogP contribution in [0.5, 0.6) is 0 Å². The molecule has 13 heteroatoms. The Morgan fingerprint density at radius 1 is 0.778 bits per heavy atom. The number of hydrogen-bond donors (Lipinski definition) is 8. The molecule has 0 fully saturated rings. The van der Waals surface area contributed by atoms with Gasteiger partial charge in [0.25, 0.3) is 0 Å². The normalized spacial score (nSPS) is 15.1. The minimum atomic E-state index is -1.35. The second-order valence-electron chi connectivity index (χ2n) is 9.01. The lowest BCUT2D eigenvalue weighted by Gasteiger charge is -2.28. The minimum Gasteiger partial charge on any atom is -0.480 e. The zero-order valence-electron chi connectivity index (χ0n) is 21.5. The molecule has 0 saturated heterocycles. The second-order valence-corrected chi connectivity index (χ2v) is 9.01. The lowest BCUT2D eigenvalue weighted by Crippen LogP contribution is -2.58. The number of nitrogens with one attached hydrogen (secondary N) is 3. The average Bonchev–Trinajstić information content (AvgIpc) is 2.83. The van der Waals surface area contributed by atoms with E-state index in [0.29, 0.717) is 45.2 Å². The molecule has 0 heterocycles. The van der Waals surface area contributed by atoms with E-state index in [1.54, 1.807) is 6.92 Å². The van der Waals surface area contributed by atoms with Crippen molar-refractivity contribution in [3.05, 3.63) is 0 Å². The molecule has 0 saturated carbocycles. The molecule has 12 N–H and O–H groups in total. The molecule has 5 unspecified atom stereocenters. The van der Waals surface area contributed by atoms with E-state index in [9.17, 15) is 29.1 Å². The first-order chi connectivity index (χ1) is 17.0. The van der Waals surface area contributed by atoms with Gasteiger partial charge in [0.1, 0.15) is 18.1 Å². The van der Waals surface area contributed by atoms with Crippen molar-refractivity contribution >= 4 is 29.6 Å². The van der Waals surface area contributed by atoms with Crippen LogP contribution in [0.3, 0.4) is 0 Å². The lowest BCUT2D eigenvalue weighted by atomic mass is 9.96. The third-order valence-corrected chi connectivity index (χ3v) is 5.97. The highest BCUT2D eigenvalue weighted by Crippen LogP contribution is 2.11. The van der Waals surface area contributed by atoms with E-state index < -0.39 is 53.8 Å². The van der Waals surface area contributed by atoms with Gasteiger partial charge in [0.05, 0.1) is 6.04 Å². The summed E-state index contributed by atoms with van der Waals surface area (Å²) in [5.74, 6) is -4.07. The Kier molecular flexibility index (Phi) is 17.1. The highest BCUT2D eigenvalue weighted by molar-refractivity contribution is 5.94. The van der Waals surface area contributed by atoms with Crippen molar-refractivity contribution in [3.8, 4) is 0 Å². The van der Waals surface area contributed by atoms with Crippen LogP contribution in [-0.4, -0.2) is 72.0 Å². The fourth-order valence-corrected chi connectivity index (χ4v) is 3.44. The number of unbranched alkanes of at least 4 members (excludes halogenated alkanes) is 2. The van der Waals surface area contributed by atoms with E-state index in [4.69, 9.17) is 22.9 Å². The third-order valence-electron chi connectivity index (χ3n) is 5.97. The van der Waals surface area contributed by atoms with Crippen LogP contribution in [0.2, 0.25) is 0 Å². The molecule has 0 rings (SSSR count). The zero-order valence-corrected chi connectivity index (χ0v) is 21.5. The van der Waals surface area contributed by atoms with E-state index >= 15 is 0 Å². The lowest BCUT2D eigenvalue weighted by molar-refractivity contribution is -0.142. The van der Waals surface area contributed by atoms with Crippen LogP contribution in [0.15, 0.2) is 0 Å². The number of rotatable bonds is 20. The molecule has 0 aliphatic rings. The Morgan fingerprint density at radius 2 is 1.33 bits per heavy atom. The first-order valence-electron chi connectivity index (χ1n) is 12.6. The molecule has 208 valence electrons. The topological polar surface area (TPSA) is 246 Å². The van der Waals surface area contributed by atoms with Gasteiger partial charge in [-0.05, 0) is 57.5 Å². The van der Waals surface area contributed by atoms with Crippen LogP contribution in [-0.2, 0) is 24.0 Å². The maximum absolute atomic E-state index is 13.2. The molecule has 0 aliphatic heterocycles. The molecule has 0 bridgehead atoms. The van der Waals surface area contributed by atoms with E-state index in [2.05, 4.69) is 16.0 Å². The van der Waals surface area contributed by atoms with Crippen molar-refractivity contribution in [3.63, 3.8) is 0 Å². The van der Waals surface area contributed by atoms with Crippen molar-refractivity contribution < 1.29 is 29.1 Å². The molecule has 0 aromatic heterocycles. The fraction of sp³-hybridized carbons (Fsp3) is 0.783. The quantitative estimate of drug-likeness (QED) is 0.0870. The molecule has 0 aliphatic carbocycles. The molecule has 36 heavy (non-hydrogen) atoms. The van der Waals surface area contributed by atoms with Gasteiger partial charge in [-0.3, -0.25) is 19.2 Å². The van der Waals surface area contributed by atoms with E-state index in [0.717, 1.165) is 6.42 Å². The van der Waals surface area contributed by atoms with Gasteiger partial charge in [-0.2, -0.15) is 0 Å². The summed E-state index contributed by atoms with van der Waals surface area (Å²) in [5.41, 5.74) is 22.1. The summed E-state index contributed by atoms with van der Waals surface area (Å²) in [6, 6.07) is -4.17. The average molecular weight is 516 g/mol. The zero-order chi connectivity index (χ0) is 27.7. The fourth-order valence-electron chi connectivity index (χ4n) is 3.44. The number of carboxylic acid groups (broad SMARTS) is 1. The molecule has 5 atom stereocenters. The number of amides is 4. The molecule has 4 amide bonds. The number of aliphatic carboxylic acids is 1. The summed E-state index contributed by atoms with van der Waals surface area (Å²) in [4.78, 5) is 61.3. The van der Waals surface area contributed by atoms with Gasteiger partial charge in [-0.25, -0.2) is 4.79 Å². The van der Waals surface area contributed by atoms with Crippen LogP contribution in [0, 0.1) is 5.92 Å². The summed E-state index contributed by atoms with van der Waals surface area (Å²) in [6.45, 7) is 4.52. The van der Waals surface area contributed by atoms with Crippen molar-refractivity contribution in [1.29, 1.82) is 0 Å². The standard InChI is InChI=1S/C23H45N7O6/c1-3-14(2)19(30-20(32)15(26)8-4-6-12-24)22(34)28-16(9-5-7-13-25)21(33)29-17(23(35)36)10-11-18(27)31/h14-17,19H,3-13,24-26H2,1-2H3,(H2,27,31)(H,28,34)(H,29,33)(H,30,32)(H,35,36). The predicted octanol–water partition coefficient (Wildman–Crippen LogP) is -1.58. The number of primary amides is 1. The molecule has 0 radical (unpaired) electrons. The SMILES string of the molecule is CCC(C)C(NC(=O)C(N)CCCCN)C(=O)NC(CCCCN)C(=O)NC(CCC(N)=O)C(=O)O. The van der Waals surface area contributed by atoms with Crippen molar-refractivity contribution in [1.82, 2.24) is 16.0 Å². The minimum absolute atomic E-state index is 0.187. The van der Waals surface area contributed by atoms with E-state index in [-0.39, 0.29) is 25.2 Å². The predicted molar refractivity (Wildman–Crippen MR) is 135 cm³/mol. The molecule has 0 aromatic rings. The van der Waals surface area contributed by atoms with Gasteiger partial charge >= 0.3 is 5.97 Å². The highest BCUT2D eigenvalue weighted by Gasteiger charge is 2.32. The van der Waals surface area contributed by atoms with E-state index in [1.807, 2.05) is 6.92 Å². The molecular weight excluding hydrogens is 470 g/mol. The van der Waals surface area contributed by atoms with Gasteiger partial charge in [0.2, 0.25) is 23.6 Å². The number of hydrogen-bond acceptors (Lipinski definition) is 8. The molecule has 13 nitrogen and oxygen atoms in total. The summed E-state index contributed by atoms with van der Waals surface area (Å²) < 4.78 is 0. The van der Waals surface area contributed by atoms with Crippen LogP contribution < -0.4 is 38.9 Å². The number of carbonyl (C=O) groups excluding carboxylic acids is 4. The first-order valence-corrected chi connectivity index (χ1v) is 12.6. The highest BCUT2D eigenvalue weighted by atomic mass is 16.4. The molecule has 0 aromatic carbocycles. The van der Waals surface area contributed by atoms with Crippen LogP contribution in [0.1, 0.15) is 71.6 Å². The number of nitrogens with two attached hydrogens (primary N) is 4. The summed E-state index contributed by atoms with van der Waals surface area (Å²) >= 11 is 0. The number of carbonyl (C=O) groups is 5. The Morgan fingerprint density at radius 3 is 1.83 bits per heavy atom. The van der Waals surface area contributed by atoms with Crippen LogP contribution in [0.4, 0.5) is 0 Å². The maximum atomic E-state index is 13.2. The van der Waals surface area contributed by atoms with Crippen molar-refractivity contribution in [2.45, 2.75) is 95.8 Å². The van der Waals surface area contributed by atoms with E-state index in [1.165, 1.54) is 0 Å². The summed E-state index contributed by atoms with van der Waals surface area (Å²) in [6.07, 6.45) is 3.27. The van der Waals surface area contributed by atoms with Gasteiger partial charge in [0.15, 0.2) is 0 Å². The molecular formula is C23H45N7O6. The third kappa shape index (κ3) is 13.4.